The van der Waals surface area contributed by atoms with E-state index in [9.17, 15) is 14.9 Å². The molecule has 0 unspecified atom stereocenters. The fourth-order valence-electron chi connectivity index (χ4n) is 2.69. The molecule has 0 bridgehead atoms. The van der Waals surface area contributed by atoms with Crippen molar-refractivity contribution < 1.29 is 23.8 Å². The Bertz CT molecular complexity index is 955. The van der Waals surface area contributed by atoms with Crippen molar-refractivity contribution in [3.05, 3.63) is 47.5 Å². The highest BCUT2D eigenvalue weighted by Crippen LogP contribution is 2.30. The molecule has 158 valence electrons. The van der Waals surface area contributed by atoms with E-state index < -0.39 is 11.9 Å². The highest BCUT2D eigenvalue weighted by molar-refractivity contribution is 5.98. The normalized spacial score (nSPS) is 11.0. The van der Waals surface area contributed by atoms with Crippen LogP contribution in [-0.2, 0) is 4.79 Å². The van der Waals surface area contributed by atoms with Crippen molar-refractivity contribution in [1.82, 2.24) is 10.9 Å². The molecule has 0 spiro atoms. The standard InChI is InChI=1S/C21H24N4O5/c1-5-30-19-11-15(23-13(2)26)7-8-16(19)21(27)25-24-17(12-22)14-6-9-18(28-3)20(10-14)29-4/h6-11,17,24H,5H2,1-4H3,(H,23,26)(H,25,27)/t17-/m1/s1. The van der Waals surface area contributed by atoms with Crippen LogP contribution in [0.25, 0.3) is 0 Å². The first kappa shape index (κ1) is 22.5. The molecule has 0 fully saturated rings. The van der Waals surface area contributed by atoms with Crippen molar-refractivity contribution in [2.45, 2.75) is 19.9 Å². The SMILES string of the molecule is CCOc1cc(NC(C)=O)ccc1C(=O)NN[C@H](C#N)c1ccc(OC)c(OC)c1. The van der Waals surface area contributed by atoms with E-state index in [1.165, 1.54) is 27.2 Å². The molecule has 3 N–H and O–H groups in total. The molecule has 9 heteroatoms. The largest absolute Gasteiger partial charge is 0.493 e. The number of nitrogens with one attached hydrogen (secondary N) is 3. The predicted molar refractivity (Wildman–Crippen MR) is 110 cm³/mol. The van der Waals surface area contributed by atoms with Gasteiger partial charge >= 0.3 is 0 Å². The molecule has 30 heavy (non-hydrogen) atoms. The van der Waals surface area contributed by atoms with Gasteiger partial charge < -0.3 is 19.5 Å². The quantitative estimate of drug-likeness (QED) is 0.541. The van der Waals surface area contributed by atoms with Gasteiger partial charge in [-0.05, 0) is 36.8 Å². The van der Waals surface area contributed by atoms with Gasteiger partial charge in [0.2, 0.25) is 5.91 Å². The lowest BCUT2D eigenvalue weighted by atomic mass is 10.1. The first-order valence-electron chi connectivity index (χ1n) is 9.15. The topological polar surface area (TPSA) is 122 Å². The predicted octanol–water partition coefficient (Wildman–Crippen LogP) is 2.56. The molecule has 2 amide bonds. The van der Waals surface area contributed by atoms with Gasteiger partial charge in [0, 0.05) is 18.7 Å². The Labute approximate surface area is 174 Å². The van der Waals surface area contributed by atoms with Crippen LogP contribution in [0.3, 0.4) is 0 Å². The second-order valence-corrected chi connectivity index (χ2v) is 6.10. The average Bonchev–Trinajstić information content (AvgIpc) is 2.73. The number of hydrogen-bond acceptors (Lipinski definition) is 7. The lowest BCUT2D eigenvalue weighted by molar-refractivity contribution is -0.114. The minimum atomic E-state index is -0.831. The molecule has 0 heterocycles. The lowest BCUT2D eigenvalue weighted by Crippen LogP contribution is -2.39. The maximum absolute atomic E-state index is 12.7. The number of carbonyl (C=O) groups excluding carboxylic acids is 2. The molecular weight excluding hydrogens is 388 g/mol. The van der Waals surface area contributed by atoms with Gasteiger partial charge in [0.25, 0.3) is 5.91 Å². The zero-order chi connectivity index (χ0) is 22.1. The monoisotopic (exact) mass is 412 g/mol. The van der Waals surface area contributed by atoms with Gasteiger partial charge in [-0.15, -0.1) is 0 Å². The van der Waals surface area contributed by atoms with Crippen LogP contribution in [0.1, 0.15) is 35.8 Å². The molecule has 1 atom stereocenters. The molecule has 0 radical (unpaired) electrons. The molecule has 0 aliphatic rings. The van der Waals surface area contributed by atoms with Crippen molar-refractivity contribution in [3.8, 4) is 23.3 Å². The number of carbonyl (C=O) groups is 2. The minimum Gasteiger partial charge on any atom is -0.493 e. The number of methoxy groups -OCH3 is 2. The number of nitriles is 1. The van der Waals surface area contributed by atoms with Gasteiger partial charge in [-0.1, -0.05) is 6.07 Å². The van der Waals surface area contributed by atoms with Crippen LogP contribution in [-0.4, -0.2) is 32.6 Å². The van der Waals surface area contributed by atoms with Crippen LogP contribution >= 0.6 is 0 Å². The molecule has 0 saturated carbocycles. The summed E-state index contributed by atoms with van der Waals surface area (Å²) in [6.07, 6.45) is 0. The summed E-state index contributed by atoms with van der Waals surface area (Å²) in [5.41, 5.74) is 6.58. The number of nitrogens with zero attached hydrogens (tertiary/aromatic N) is 1. The average molecular weight is 412 g/mol. The van der Waals surface area contributed by atoms with Gasteiger partial charge in [-0.3, -0.25) is 15.0 Å². The van der Waals surface area contributed by atoms with E-state index in [4.69, 9.17) is 14.2 Å². The van der Waals surface area contributed by atoms with Gasteiger partial charge in [-0.2, -0.15) is 5.26 Å². The Morgan fingerprint density at radius 3 is 2.40 bits per heavy atom. The van der Waals surface area contributed by atoms with Crippen LogP contribution in [0.4, 0.5) is 5.69 Å². The Morgan fingerprint density at radius 1 is 1.07 bits per heavy atom. The Balaban J connectivity index is 2.17. The third-order valence-corrected chi connectivity index (χ3v) is 4.05. The smallest absolute Gasteiger partial charge is 0.269 e. The maximum Gasteiger partial charge on any atom is 0.269 e. The lowest BCUT2D eigenvalue weighted by Gasteiger charge is -2.17. The fraction of sp³-hybridized carbons (Fsp3) is 0.286. The number of hydrogen-bond donors (Lipinski definition) is 3. The fourth-order valence-corrected chi connectivity index (χ4v) is 2.69. The van der Waals surface area contributed by atoms with Crippen molar-refractivity contribution in [2.24, 2.45) is 0 Å². The van der Waals surface area contributed by atoms with E-state index in [2.05, 4.69) is 22.2 Å². The van der Waals surface area contributed by atoms with Crippen LogP contribution in [0.2, 0.25) is 0 Å². The summed E-state index contributed by atoms with van der Waals surface area (Å²) in [7, 11) is 3.02. The van der Waals surface area contributed by atoms with Gasteiger partial charge in [-0.25, -0.2) is 5.43 Å². The third-order valence-electron chi connectivity index (χ3n) is 4.05. The molecule has 0 saturated heterocycles. The van der Waals surface area contributed by atoms with Crippen molar-refractivity contribution in [3.63, 3.8) is 0 Å². The van der Waals surface area contributed by atoms with E-state index in [0.29, 0.717) is 35.1 Å². The summed E-state index contributed by atoms with van der Waals surface area (Å²) in [4.78, 5) is 23.9. The van der Waals surface area contributed by atoms with Gasteiger partial charge in [0.15, 0.2) is 11.5 Å². The van der Waals surface area contributed by atoms with Crippen molar-refractivity contribution >= 4 is 17.5 Å². The third kappa shape index (κ3) is 5.62. The molecule has 2 rings (SSSR count). The summed E-state index contributed by atoms with van der Waals surface area (Å²) < 4.78 is 16.0. The van der Waals surface area contributed by atoms with E-state index in [1.54, 1.807) is 37.3 Å². The molecule has 2 aromatic rings. The number of ether oxygens (including phenoxy) is 3. The summed E-state index contributed by atoms with van der Waals surface area (Å²) in [5, 5.41) is 12.2. The van der Waals surface area contributed by atoms with Crippen LogP contribution in [0.15, 0.2) is 36.4 Å². The molecular formula is C21H24N4O5. The van der Waals surface area contributed by atoms with Crippen molar-refractivity contribution in [2.75, 3.05) is 26.1 Å². The number of rotatable bonds is 9. The second kappa shape index (κ2) is 10.7. The van der Waals surface area contributed by atoms with E-state index in [0.717, 1.165) is 0 Å². The number of anilines is 1. The minimum absolute atomic E-state index is 0.233. The summed E-state index contributed by atoms with van der Waals surface area (Å²) in [6, 6.07) is 11.0. The zero-order valence-electron chi connectivity index (χ0n) is 17.2. The Hall–Kier alpha value is -3.77. The van der Waals surface area contributed by atoms with E-state index in [-0.39, 0.29) is 11.5 Å². The van der Waals surface area contributed by atoms with E-state index >= 15 is 0 Å². The van der Waals surface area contributed by atoms with Gasteiger partial charge in [0.1, 0.15) is 11.8 Å². The van der Waals surface area contributed by atoms with Crippen molar-refractivity contribution in [1.29, 1.82) is 5.26 Å². The first-order valence-corrected chi connectivity index (χ1v) is 9.15. The zero-order valence-corrected chi connectivity index (χ0v) is 17.2. The summed E-state index contributed by atoms with van der Waals surface area (Å²) >= 11 is 0. The number of hydrazine groups is 1. The van der Waals surface area contributed by atoms with E-state index in [1.807, 2.05) is 0 Å². The maximum atomic E-state index is 12.7. The van der Waals surface area contributed by atoms with Gasteiger partial charge in [0.05, 0.1) is 32.5 Å². The van der Waals surface area contributed by atoms with Crippen LogP contribution in [0, 0.1) is 11.3 Å². The van der Waals surface area contributed by atoms with Crippen LogP contribution < -0.4 is 30.4 Å². The molecule has 9 nitrogen and oxygen atoms in total. The summed E-state index contributed by atoms with van der Waals surface area (Å²) in [6.45, 7) is 3.51. The second-order valence-electron chi connectivity index (χ2n) is 6.10. The number of benzene rings is 2. The molecule has 2 aromatic carbocycles. The summed E-state index contributed by atoms with van der Waals surface area (Å²) in [5.74, 6) is 0.581. The first-order chi connectivity index (χ1) is 14.4. The van der Waals surface area contributed by atoms with Crippen LogP contribution in [0.5, 0.6) is 17.2 Å². The molecule has 0 aliphatic carbocycles. The molecule has 0 aromatic heterocycles. The highest BCUT2D eigenvalue weighted by atomic mass is 16.5. The number of amides is 2. The Kier molecular flexibility index (Phi) is 8.02. The highest BCUT2D eigenvalue weighted by Gasteiger charge is 2.18. The molecule has 0 aliphatic heterocycles. The Morgan fingerprint density at radius 2 is 1.80 bits per heavy atom.